The molecule has 0 radical (unpaired) electrons. The Bertz CT molecular complexity index is 504. The van der Waals surface area contributed by atoms with Gasteiger partial charge in [0.2, 0.25) is 0 Å². The zero-order valence-corrected chi connectivity index (χ0v) is 12.6. The summed E-state index contributed by atoms with van der Waals surface area (Å²) < 4.78 is 30.3. The van der Waals surface area contributed by atoms with E-state index in [2.05, 4.69) is 0 Å². The number of rotatable bonds is 4. The van der Waals surface area contributed by atoms with E-state index in [0.717, 1.165) is 24.8 Å². The Morgan fingerprint density at radius 3 is 2.58 bits per heavy atom. The molecule has 1 saturated heterocycles. The van der Waals surface area contributed by atoms with Crippen molar-refractivity contribution >= 4 is 21.4 Å². The van der Waals surface area contributed by atoms with E-state index in [9.17, 15) is 8.42 Å². The first-order valence-corrected chi connectivity index (χ1v) is 8.67. The summed E-state index contributed by atoms with van der Waals surface area (Å²) in [6.45, 7) is 2.40. The first-order valence-electron chi connectivity index (χ1n) is 6.57. The minimum Gasteiger partial charge on any atom is -0.377 e. The molecule has 0 saturated carbocycles. The molecule has 0 amide bonds. The highest BCUT2D eigenvalue weighted by molar-refractivity contribution is 7.91. The van der Waals surface area contributed by atoms with Crippen LogP contribution in [0, 0.1) is 0 Å². The summed E-state index contributed by atoms with van der Waals surface area (Å²) in [6, 6.07) is 6.98. The number of sulfone groups is 1. The van der Waals surface area contributed by atoms with Gasteiger partial charge in [0.05, 0.1) is 17.1 Å². The van der Waals surface area contributed by atoms with Crippen molar-refractivity contribution in [3.8, 4) is 0 Å². The minimum atomic E-state index is -3.19. The van der Waals surface area contributed by atoms with Crippen LogP contribution >= 0.6 is 11.6 Å². The largest absolute Gasteiger partial charge is 0.377 e. The van der Waals surface area contributed by atoms with Gasteiger partial charge in [-0.1, -0.05) is 23.7 Å². The van der Waals surface area contributed by atoms with Gasteiger partial charge in [0.1, 0.15) is 0 Å². The van der Waals surface area contributed by atoms with Crippen LogP contribution < -0.4 is 0 Å². The summed E-state index contributed by atoms with van der Waals surface area (Å²) in [4.78, 5) is 0. The van der Waals surface area contributed by atoms with Crippen molar-refractivity contribution in [1.29, 1.82) is 0 Å². The van der Waals surface area contributed by atoms with Gasteiger partial charge in [0, 0.05) is 11.6 Å². The van der Waals surface area contributed by atoms with Crippen molar-refractivity contribution in [2.45, 2.75) is 37.5 Å². The van der Waals surface area contributed by atoms with Crippen LogP contribution in [0.15, 0.2) is 24.3 Å². The minimum absolute atomic E-state index is 0.108. The van der Waals surface area contributed by atoms with Crippen LogP contribution in [0.3, 0.4) is 0 Å². The van der Waals surface area contributed by atoms with Gasteiger partial charge in [0.25, 0.3) is 0 Å². The fourth-order valence-corrected chi connectivity index (χ4v) is 4.05. The Morgan fingerprint density at radius 1 is 1.32 bits per heavy atom. The van der Waals surface area contributed by atoms with Gasteiger partial charge < -0.3 is 4.74 Å². The van der Waals surface area contributed by atoms with Crippen molar-refractivity contribution in [3.63, 3.8) is 0 Å². The van der Waals surface area contributed by atoms with Crippen molar-refractivity contribution in [1.82, 2.24) is 0 Å². The van der Waals surface area contributed by atoms with Crippen molar-refractivity contribution in [2.75, 3.05) is 12.4 Å². The molecule has 1 aliphatic rings. The summed E-state index contributed by atoms with van der Waals surface area (Å²) >= 11 is 5.82. The number of benzene rings is 1. The van der Waals surface area contributed by atoms with Crippen LogP contribution in [-0.2, 0) is 14.6 Å². The lowest BCUT2D eigenvalue weighted by Crippen LogP contribution is -2.29. The lowest BCUT2D eigenvalue weighted by atomic mass is 10.1. The van der Waals surface area contributed by atoms with Gasteiger partial charge in [0.15, 0.2) is 9.84 Å². The van der Waals surface area contributed by atoms with E-state index in [-0.39, 0.29) is 11.9 Å². The Kier molecular flexibility index (Phi) is 4.87. The highest BCUT2D eigenvalue weighted by atomic mass is 35.5. The fraction of sp³-hybridized carbons (Fsp3) is 0.571. The summed E-state index contributed by atoms with van der Waals surface area (Å²) in [5.41, 5.74) is 0.778. The summed E-state index contributed by atoms with van der Waals surface area (Å²) in [5, 5.41) is 0.0965. The molecular formula is C14H19ClO3S. The van der Waals surface area contributed by atoms with E-state index < -0.39 is 15.1 Å². The molecule has 1 heterocycles. The molecular weight excluding hydrogens is 284 g/mol. The molecule has 2 unspecified atom stereocenters. The first kappa shape index (κ1) is 14.8. The Labute approximate surface area is 119 Å². The molecule has 0 aromatic heterocycles. The highest BCUT2D eigenvalue weighted by Crippen LogP contribution is 2.26. The Balaban J connectivity index is 2.07. The number of halogens is 1. The van der Waals surface area contributed by atoms with Gasteiger partial charge >= 0.3 is 0 Å². The van der Waals surface area contributed by atoms with Crippen molar-refractivity contribution in [2.24, 2.45) is 0 Å². The van der Waals surface area contributed by atoms with Crippen LogP contribution in [0.2, 0.25) is 5.02 Å². The molecule has 0 N–H and O–H groups in total. The third-order valence-corrected chi connectivity index (χ3v) is 6.01. The molecule has 3 nitrogen and oxygen atoms in total. The monoisotopic (exact) mass is 302 g/mol. The predicted octanol–water partition coefficient (Wildman–Crippen LogP) is 3.38. The number of ether oxygens (including phenoxy) is 1. The molecule has 0 spiro atoms. The maximum atomic E-state index is 12.4. The maximum absolute atomic E-state index is 12.4. The molecule has 2 atom stereocenters. The maximum Gasteiger partial charge on any atom is 0.159 e. The van der Waals surface area contributed by atoms with E-state index in [0.29, 0.717) is 11.6 Å². The summed E-state index contributed by atoms with van der Waals surface area (Å²) in [5.74, 6) is 0.108. The molecule has 1 fully saturated rings. The first-order chi connectivity index (χ1) is 8.99. The van der Waals surface area contributed by atoms with Crippen LogP contribution in [0.1, 0.15) is 37.0 Å². The molecule has 0 aliphatic carbocycles. The molecule has 19 heavy (non-hydrogen) atoms. The van der Waals surface area contributed by atoms with E-state index in [1.54, 1.807) is 31.2 Å². The lowest BCUT2D eigenvalue weighted by molar-refractivity contribution is 0.0304. The van der Waals surface area contributed by atoms with Gasteiger partial charge in [-0.05, 0) is 43.9 Å². The quantitative estimate of drug-likeness (QED) is 0.856. The van der Waals surface area contributed by atoms with Crippen LogP contribution in [0.5, 0.6) is 0 Å². The van der Waals surface area contributed by atoms with E-state index in [4.69, 9.17) is 16.3 Å². The van der Waals surface area contributed by atoms with Crippen molar-refractivity contribution in [3.05, 3.63) is 34.9 Å². The lowest BCUT2D eigenvalue weighted by Gasteiger charge is -2.24. The molecule has 1 aromatic rings. The Morgan fingerprint density at radius 2 is 2.00 bits per heavy atom. The van der Waals surface area contributed by atoms with Crippen LogP contribution in [-0.4, -0.2) is 26.9 Å². The SMILES string of the molecule is CC(c1ccc(Cl)cc1)S(=O)(=O)CC1CCCCO1. The van der Waals surface area contributed by atoms with E-state index >= 15 is 0 Å². The van der Waals surface area contributed by atoms with Crippen LogP contribution in [0.25, 0.3) is 0 Å². The second-order valence-electron chi connectivity index (χ2n) is 5.01. The average molecular weight is 303 g/mol. The molecule has 2 rings (SSSR count). The zero-order valence-electron chi connectivity index (χ0n) is 11.0. The Hall–Kier alpha value is -0.580. The third-order valence-electron chi connectivity index (χ3n) is 3.57. The topological polar surface area (TPSA) is 43.4 Å². The fourth-order valence-electron chi connectivity index (χ4n) is 2.28. The number of hydrogen-bond donors (Lipinski definition) is 0. The molecule has 0 bridgehead atoms. The van der Waals surface area contributed by atoms with Gasteiger partial charge in [-0.15, -0.1) is 0 Å². The third kappa shape index (κ3) is 3.94. The second-order valence-corrected chi connectivity index (χ2v) is 7.81. The average Bonchev–Trinajstić information content (AvgIpc) is 2.39. The number of hydrogen-bond acceptors (Lipinski definition) is 3. The van der Waals surface area contributed by atoms with E-state index in [1.807, 2.05) is 0 Å². The zero-order chi connectivity index (χ0) is 13.9. The highest BCUT2D eigenvalue weighted by Gasteiger charge is 2.28. The predicted molar refractivity (Wildman–Crippen MR) is 77.2 cm³/mol. The summed E-state index contributed by atoms with van der Waals surface area (Å²) in [7, 11) is -3.19. The standard InChI is InChI=1S/C14H19ClO3S/c1-11(12-5-7-13(15)8-6-12)19(16,17)10-14-4-2-3-9-18-14/h5-8,11,14H,2-4,9-10H2,1H3. The molecule has 5 heteroatoms. The normalized spacial score (nSPS) is 22.1. The second kappa shape index (κ2) is 6.25. The molecule has 1 aromatic carbocycles. The van der Waals surface area contributed by atoms with Gasteiger partial charge in [-0.2, -0.15) is 0 Å². The van der Waals surface area contributed by atoms with Gasteiger partial charge in [-0.25, -0.2) is 8.42 Å². The van der Waals surface area contributed by atoms with E-state index in [1.165, 1.54) is 0 Å². The molecule has 1 aliphatic heterocycles. The molecule has 106 valence electrons. The smallest absolute Gasteiger partial charge is 0.159 e. The van der Waals surface area contributed by atoms with Crippen LogP contribution in [0.4, 0.5) is 0 Å². The summed E-state index contributed by atoms with van der Waals surface area (Å²) in [6.07, 6.45) is 2.78. The van der Waals surface area contributed by atoms with Gasteiger partial charge in [-0.3, -0.25) is 0 Å². The van der Waals surface area contributed by atoms with Crippen molar-refractivity contribution < 1.29 is 13.2 Å².